The lowest BCUT2D eigenvalue weighted by Gasteiger charge is -2.32. The van der Waals surface area contributed by atoms with Crippen LogP contribution < -0.4 is 21.5 Å². The highest BCUT2D eigenvalue weighted by molar-refractivity contribution is 6.31. The van der Waals surface area contributed by atoms with Gasteiger partial charge in [0.05, 0.1) is 47.6 Å². The molecule has 2 fully saturated rings. The van der Waals surface area contributed by atoms with Crippen molar-refractivity contribution in [1.29, 1.82) is 0 Å². The van der Waals surface area contributed by atoms with E-state index in [0.29, 0.717) is 18.1 Å². The number of nitrogens with zero attached hydrogens (tertiary/aromatic N) is 6. The minimum Gasteiger partial charge on any atom is -0.503 e. The Morgan fingerprint density at radius 3 is 1.55 bits per heavy atom. The van der Waals surface area contributed by atoms with Gasteiger partial charge in [-0.25, -0.2) is 4.39 Å². The number of hydrogen-bond donors (Lipinski definition) is 4. The summed E-state index contributed by atoms with van der Waals surface area (Å²) in [5.41, 5.74) is -1.07. The Labute approximate surface area is 338 Å². The summed E-state index contributed by atoms with van der Waals surface area (Å²) >= 11 is 6.23. The van der Waals surface area contributed by atoms with Crippen molar-refractivity contribution >= 4 is 45.2 Å². The molecule has 8 rings (SSSR count). The van der Waals surface area contributed by atoms with Gasteiger partial charge in [-0.15, -0.1) is 0 Å². The Hall–Kier alpha value is -5.96. The van der Waals surface area contributed by atoms with Gasteiger partial charge in [-0.2, -0.15) is 10.2 Å². The number of aromatic hydroxyl groups is 2. The largest absolute Gasteiger partial charge is 0.503 e. The number of carbonyl (C=O) groups excluding carboxylic acids is 2. The van der Waals surface area contributed by atoms with E-state index in [0.717, 1.165) is 73.2 Å². The van der Waals surface area contributed by atoms with E-state index >= 15 is 0 Å². The Balaban J connectivity index is 0.000000188. The van der Waals surface area contributed by atoms with Crippen LogP contribution in [-0.4, -0.2) is 64.8 Å². The molecule has 0 bridgehead atoms. The van der Waals surface area contributed by atoms with Crippen molar-refractivity contribution in [1.82, 2.24) is 39.3 Å². The molecule has 2 aliphatic carbocycles. The van der Waals surface area contributed by atoms with Crippen LogP contribution in [0.4, 0.5) is 4.39 Å². The predicted molar refractivity (Wildman–Crippen MR) is 220 cm³/mol. The first-order valence-electron chi connectivity index (χ1n) is 19.5. The zero-order chi connectivity index (χ0) is 41.8. The third-order valence-corrected chi connectivity index (χ3v) is 11.3. The number of fused-ring (bicyclic) bond motifs is 2. The summed E-state index contributed by atoms with van der Waals surface area (Å²) in [5, 5.41) is 35.9. The number of halogens is 2. The van der Waals surface area contributed by atoms with E-state index in [2.05, 4.69) is 36.0 Å². The Kier molecular flexibility index (Phi) is 12.4. The molecule has 16 heteroatoms. The maximum Gasteiger partial charge on any atom is 0.275 e. The molecule has 2 aromatic carbocycles. The molecule has 0 atom stereocenters. The van der Waals surface area contributed by atoms with E-state index < -0.39 is 34.2 Å². The van der Waals surface area contributed by atoms with Crippen molar-refractivity contribution in [3.63, 3.8) is 0 Å². The van der Waals surface area contributed by atoms with Crippen molar-refractivity contribution in [3.05, 3.63) is 116 Å². The molecule has 4 heterocycles. The number of aromatic nitrogens is 6. The zero-order valence-electron chi connectivity index (χ0n) is 33.0. The summed E-state index contributed by atoms with van der Waals surface area (Å²) in [5.74, 6) is -2.58. The normalized spacial score (nSPS) is 15.3. The molecule has 6 aromatic rings. The third kappa shape index (κ3) is 8.08. The number of hydrogen-bond acceptors (Lipinski definition) is 8. The molecule has 0 saturated heterocycles. The minimum absolute atomic E-state index is 0.277. The van der Waals surface area contributed by atoms with Gasteiger partial charge in [0.25, 0.3) is 22.7 Å². The molecule has 2 aliphatic rings. The second-order valence-corrected chi connectivity index (χ2v) is 15.0. The maximum atomic E-state index is 13.9. The van der Waals surface area contributed by atoms with Gasteiger partial charge in [0, 0.05) is 31.5 Å². The van der Waals surface area contributed by atoms with Gasteiger partial charge in [-0.05, 0) is 78.9 Å². The lowest BCUT2D eigenvalue weighted by Crippen LogP contribution is -2.37. The van der Waals surface area contributed by atoms with Crippen molar-refractivity contribution in [3.8, 4) is 11.5 Å². The van der Waals surface area contributed by atoms with Gasteiger partial charge >= 0.3 is 0 Å². The number of nitrogens with one attached hydrogen (secondary N) is 2. The highest BCUT2D eigenvalue weighted by Gasteiger charge is 2.39. The maximum absolute atomic E-state index is 13.9. The van der Waals surface area contributed by atoms with Crippen molar-refractivity contribution in [2.75, 3.05) is 14.1 Å². The molecule has 0 radical (unpaired) electrons. The number of rotatable bonds is 8. The quantitative estimate of drug-likeness (QED) is 0.139. The van der Waals surface area contributed by atoms with Gasteiger partial charge in [0.15, 0.2) is 22.9 Å². The van der Waals surface area contributed by atoms with Crippen molar-refractivity contribution in [2.45, 2.75) is 89.4 Å². The predicted octanol–water partition coefficient (Wildman–Crippen LogP) is 6.28. The Morgan fingerprint density at radius 1 is 0.707 bits per heavy atom. The number of carbonyl (C=O) groups is 2. The highest BCUT2D eigenvalue weighted by Crippen LogP contribution is 2.42. The smallest absolute Gasteiger partial charge is 0.275 e. The monoisotopic (exact) mass is 814 g/mol. The topological polar surface area (TPSA) is 178 Å². The van der Waals surface area contributed by atoms with Crippen LogP contribution in [0.2, 0.25) is 5.02 Å². The summed E-state index contributed by atoms with van der Waals surface area (Å²) in [4.78, 5) is 48.0. The van der Waals surface area contributed by atoms with Crippen LogP contribution in [-0.2, 0) is 24.2 Å². The lowest BCUT2D eigenvalue weighted by molar-refractivity contribution is 0.0944. The molecule has 58 heavy (non-hydrogen) atoms. The van der Waals surface area contributed by atoms with Crippen LogP contribution in [0.3, 0.4) is 0 Å². The Morgan fingerprint density at radius 2 is 1.12 bits per heavy atom. The third-order valence-electron chi connectivity index (χ3n) is 11.1. The van der Waals surface area contributed by atoms with E-state index in [-0.39, 0.29) is 28.3 Å². The fourth-order valence-electron chi connectivity index (χ4n) is 8.39. The van der Waals surface area contributed by atoms with Gasteiger partial charge in [-0.3, -0.25) is 28.5 Å². The van der Waals surface area contributed by atoms with Gasteiger partial charge < -0.3 is 30.0 Å². The number of benzene rings is 2. The van der Waals surface area contributed by atoms with Crippen LogP contribution in [0.1, 0.15) is 86.2 Å². The second kappa shape index (κ2) is 17.3. The van der Waals surface area contributed by atoms with E-state index in [9.17, 15) is 33.8 Å². The minimum atomic E-state index is -0.801. The van der Waals surface area contributed by atoms with Crippen LogP contribution in [0, 0.1) is 5.82 Å². The van der Waals surface area contributed by atoms with Gasteiger partial charge in [0.1, 0.15) is 5.82 Å². The molecule has 14 nitrogen and oxygen atoms in total. The molecule has 2 saturated carbocycles. The SMILES string of the molecule is CC.CNC(=O)c1nn(CC2(n3ccc4ccc(Cl)cc43)CCCC2)cc(O)c1=O.CNC(=O)c1nn(CC2(n3ccc4ccc(F)cc43)CCCC2)cc(O)c1=O. The summed E-state index contributed by atoms with van der Waals surface area (Å²) in [6, 6.07) is 14.5. The van der Waals surface area contributed by atoms with E-state index in [1.807, 2.05) is 50.5 Å². The average Bonchev–Trinajstić information content (AvgIpc) is 4.05. The molecular weight excluding hydrogens is 767 g/mol. The molecule has 0 spiro atoms. The first kappa shape index (κ1) is 41.7. The van der Waals surface area contributed by atoms with Crippen LogP contribution in [0.15, 0.2) is 82.9 Å². The molecule has 2 amide bonds. The first-order valence-corrected chi connectivity index (χ1v) is 19.8. The van der Waals surface area contributed by atoms with Crippen LogP contribution in [0.25, 0.3) is 21.8 Å². The fraction of sp³-hybridized carbons (Fsp3) is 0.381. The van der Waals surface area contributed by atoms with E-state index in [1.54, 1.807) is 6.07 Å². The first-order chi connectivity index (χ1) is 27.9. The summed E-state index contributed by atoms with van der Waals surface area (Å²) in [7, 11) is 2.82. The standard InChI is InChI=1S/C20H21ClN4O3.C20H21FN4O3.C2H6/c2*1-22-19(28)17-18(27)16(26)11-24(23-17)12-20(7-2-3-8-20)25-9-6-13-4-5-14(21)10-15(13)25;1-2/h2*4-6,9-11,26H,2-3,7-8,12H2,1H3,(H,22,28);1-2H3. The van der Waals surface area contributed by atoms with E-state index in [4.69, 9.17) is 11.6 Å². The molecule has 306 valence electrons. The van der Waals surface area contributed by atoms with Crippen molar-refractivity contribution in [2.24, 2.45) is 0 Å². The molecule has 0 aliphatic heterocycles. The molecule has 0 unspecified atom stereocenters. The molecule has 4 aromatic heterocycles. The summed E-state index contributed by atoms with van der Waals surface area (Å²) < 4.78 is 21.1. The fourth-order valence-corrected chi connectivity index (χ4v) is 8.56. The Bertz CT molecular complexity index is 2410. The van der Waals surface area contributed by atoms with Crippen LogP contribution >= 0.6 is 11.6 Å². The van der Waals surface area contributed by atoms with Crippen molar-refractivity contribution < 1.29 is 24.2 Å². The van der Waals surface area contributed by atoms with Gasteiger partial charge in [0.2, 0.25) is 0 Å². The van der Waals surface area contributed by atoms with E-state index in [1.165, 1.54) is 48.0 Å². The molecule has 4 N–H and O–H groups in total. The summed E-state index contributed by atoms with van der Waals surface area (Å²) in [6.45, 7) is 4.78. The number of amides is 2. The highest BCUT2D eigenvalue weighted by atomic mass is 35.5. The lowest BCUT2D eigenvalue weighted by atomic mass is 9.96. The zero-order valence-corrected chi connectivity index (χ0v) is 33.7. The second-order valence-electron chi connectivity index (χ2n) is 14.6. The van der Waals surface area contributed by atoms with Crippen LogP contribution in [0.5, 0.6) is 11.5 Å². The average molecular weight is 815 g/mol. The molecular formula is C42H48ClFN8O6. The summed E-state index contributed by atoms with van der Waals surface area (Å²) in [6.07, 6.45) is 14.2. The van der Waals surface area contributed by atoms with Gasteiger partial charge in [-0.1, -0.05) is 57.2 Å².